The van der Waals surface area contributed by atoms with Crippen molar-refractivity contribution in [2.24, 2.45) is 0 Å². The standard InChI is InChI=1S/C19H22N2O4/c1-4-13(3)20-19(23)16-8-6-14(25-16)10-21-15-7-5-12(2)9-17(15)24-11-18(21)22/h5-9,13H,4,10-11H2,1-3H3,(H,20,23)/t13-/m1/s1. The van der Waals surface area contributed by atoms with Crippen molar-refractivity contribution in [2.75, 3.05) is 11.5 Å². The number of nitrogens with one attached hydrogen (secondary N) is 1. The molecule has 1 N–H and O–H groups in total. The van der Waals surface area contributed by atoms with E-state index < -0.39 is 0 Å². The van der Waals surface area contributed by atoms with Gasteiger partial charge in [-0.1, -0.05) is 13.0 Å². The third-order valence-corrected chi connectivity index (χ3v) is 4.25. The number of ether oxygens (including phenoxy) is 1. The first-order valence-electron chi connectivity index (χ1n) is 8.41. The summed E-state index contributed by atoms with van der Waals surface area (Å²) in [7, 11) is 0. The van der Waals surface area contributed by atoms with Crippen LogP contribution in [0.3, 0.4) is 0 Å². The van der Waals surface area contributed by atoms with Gasteiger partial charge >= 0.3 is 0 Å². The van der Waals surface area contributed by atoms with Gasteiger partial charge in [-0.2, -0.15) is 0 Å². The van der Waals surface area contributed by atoms with E-state index in [4.69, 9.17) is 9.15 Å². The van der Waals surface area contributed by atoms with Gasteiger partial charge in [-0.3, -0.25) is 14.5 Å². The summed E-state index contributed by atoms with van der Waals surface area (Å²) in [6, 6.07) is 9.14. The number of aryl methyl sites for hydroxylation is 1. The van der Waals surface area contributed by atoms with E-state index in [2.05, 4.69) is 5.32 Å². The van der Waals surface area contributed by atoms with Gasteiger partial charge in [0.05, 0.1) is 12.2 Å². The molecule has 6 heteroatoms. The highest BCUT2D eigenvalue weighted by Crippen LogP contribution is 2.34. The minimum atomic E-state index is -0.245. The Morgan fingerprint density at radius 1 is 1.32 bits per heavy atom. The molecule has 1 atom stereocenters. The molecular formula is C19H22N2O4. The molecule has 0 saturated carbocycles. The number of benzene rings is 1. The molecule has 1 aliphatic rings. The van der Waals surface area contributed by atoms with Crippen molar-refractivity contribution < 1.29 is 18.7 Å². The molecule has 0 spiro atoms. The molecule has 2 amide bonds. The normalized spacial score (nSPS) is 14.7. The first kappa shape index (κ1) is 17.1. The summed E-state index contributed by atoms with van der Waals surface area (Å²) in [6.45, 7) is 6.17. The van der Waals surface area contributed by atoms with Crippen molar-refractivity contribution in [1.29, 1.82) is 0 Å². The molecule has 0 fully saturated rings. The molecule has 3 rings (SSSR count). The zero-order valence-corrected chi connectivity index (χ0v) is 14.7. The van der Waals surface area contributed by atoms with E-state index >= 15 is 0 Å². The van der Waals surface area contributed by atoms with Crippen LogP contribution in [0.15, 0.2) is 34.7 Å². The van der Waals surface area contributed by atoms with E-state index in [1.165, 1.54) is 0 Å². The summed E-state index contributed by atoms with van der Waals surface area (Å²) < 4.78 is 11.1. The average molecular weight is 342 g/mol. The highest BCUT2D eigenvalue weighted by Gasteiger charge is 2.27. The van der Waals surface area contributed by atoms with Crippen LogP contribution >= 0.6 is 0 Å². The van der Waals surface area contributed by atoms with Crippen molar-refractivity contribution >= 4 is 17.5 Å². The second kappa shape index (κ2) is 7.01. The van der Waals surface area contributed by atoms with Gasteiger partial charge in [0.2, 0.25) is 0 Å². The second-order valence-corrected chi connectivity index (χ2v) is 6.29. The number of carbonyl (C=O) groups excluding carboxylic acids is 2. The fraction of sp³-hybridized carbons (Fsp3) is 0.368. The molecule has 1 aromatic carbocycles. The number of amides is 2. The number of nitrogens with zero attached hydrogens (tertiary/aromatic N) is 1. The van der Waals surface area contributed by atoms with Crippen LogP contribution in [0.4, 0.5) is 5.69 Å². The van der Waals surface area contributed by atoms with Crippen molar-refractivity contribution in [3.8, 4) is 5.75 Å². The van der Waals surface area contributed by atoms with Gasteiger partial charge in [0.1, 0.15) is 11.5 Å². The molecule has 1 aromatic heterocycles. The molecule has 1 aliphatic heterocycles. The maximum atomic E-state index is 12.3. The predicted octanol–water partition coefficient (Wildman–Crippen LogP) is 3.04. The summed E-state index contributed by atoms with van der Waals surface area (Å²) in [6.07, 6.45) is 0.845. The average Bonchev–Trinajstić information content (AvgIpc) is 3.06. The minimum absolute atomic E-state index is 0.00147. The smallest absolute Gasteiger partial charge is 0.287 e. The zero-order chi connectivity index (χ0) is 18.0. The number of anilines is 1. The van der Waals surface area contributed by atoms with Crippen molar-refractivity contribution in [2.45, 2.75) is 39.8 Å². The van der Waals surface area contributed by atoms with E-state index in [0.29, 0.717) is 17.2 Å². The summed E-state index contributed by atoms with van der Waals surface area (Å²) in [4.78, 5) is 26.0. The van der Waals surface area contributed by atoms with E-state index in [0.717, 1.165) is 12.0 Å². The first-order valence-corrected chi connectivity index (χ1v) is 8.41. The maximum absolute atomic E-state index is 12.3. The number of hydrogen-bond acceptors (Lipinski definition) is 4. The van der Waals surface area contributed by atoms with Crippen LogP contribution in [0, 0.1) is 6.92 Å². The van der Waals surface area contributed by atoms with Crippen molar-refractivity contribution in [3.05, 3.63) is 47.4 Å². The van der Waals surface area contributed by atoms with Gasteiger partial charge in [-0.15, -0.1) is 0 Å². The van der Waals surface area contributed by atoms with Crippen LogP contribution in [-0.2, 0) is 11.3 Å². The van der Waals surface area contributed by atoms with Gasteiger partial charge in [-0.05, 0) is 50.1 Å². The van der Waals surface area contributed by atoms with Crippen LogP contribution in [-0.4, -0.2) is 24.5 Å². The Labute approximate surface area is 146 Å². The lowest BCUT2D eigenvalue weighted by atomic mass is 10.1. The Morgan fingerprint density at radius 2 is 2.12 bits per heavy atom. The highest BCUT2D eigenvalue weighted by atomic mass is 16.5. The summed E-state index contributed by atoms with van der Waals surface area (Å²) in [5.74, 6) is 1.10. The molecule has 0 saturated heterocycles. The lowest BCUT2D eigenvalue weighted by molar-refractivity contribution is -0.121. The zero-order valence-electron chi connectivity index (χ0n) is 14.7. The highest BCUT2D eigenvalue weighted by molar-refractivity contribution is 5.97. The quantitative estimate of drug-likeness (QED) is 0.906. The number of fused-ring (bicyclic) bond motifs is 1. The van der Waals surface area contributed by atoms with E-state index in [1.54, 1.807) is 17.0 Å². The third-order valence-electron chi connectivity index (χ3n) is 4.25. The largest absolute Gasteiger partial charge is 0.482 e. The first-order chi connectivity index (χ1) is 12.0. The lowest BCUT2D eigenvalue weighted by Gasteiger charge is -2.28. The summed E-state index contributed by atoms with van der Waals surface area (Å²) in [5.41, 5.74) is 1.78. The maximum Gasteiger partial charge on any atom is 0.287 e. The summed E-state index contributed by atoms with van der Waals surface area (Å²) >= 11 is 0. The Kier molecular flexibility index (Phi) is 4.79. The lowest BCUT2D eigenvalue weighted by Crippen LogP contribution is -2.38. The Bertz CT molecular complexity index is 796. The number of furan rings is 1. The SMILES string of the molecule is CC[C@@H](C)NC(=O)c1ccc(CN2C(=O)COc3cc(C)ccc32)o1. The van der Waals surface area contributed by atoms with Crippen molar-refractivity contribution in [1.82, 2.24) is 5.32 Å². The van der Waals surface area contributed by atoms with Crippen LogP contribution in [0.1, 0.15) is 42.1 Å². The fourth-order valence-corrected chi connectivity index (χ4v) is 2.62. The molecular weight excluding hydrogens is 320 g/mol. The molecule has 0 bridgehead atoms. The number of carbonyl (C=O) groups is 2. The van der Waals surface area contributed by atoms with Crippen LogP contribution in [0.25, 0.3) is 0 Å². The molecule has 0 unspecified atom stereocenters. The molecule has 0 aliphatic carbocycles. The van der Waals surface area contributed by atoms with Crippen LogP contribution in [0.2, 0.25) is 0 Å². The van der Waals surface area contributed by atoms with Gasteiger partial charge in [0.15, 0.2) is 12.4 Å². The molecule has 0 radical (unpaired) electrons. The van der Waals surface area contributed by atoms with Gasteiger partial charge in [0.25, 0.3) is 11.8 Å². The number of hydrogen-bond donors (Lipinski definition) is 1. The van der Waals surface area contributed by atoms with E-state index in [-0.39, 0.29) is 36.8 Å². The van der Waals surface area contributed by atoms with Crippen LogP contribution < -0.4 is 15.0 Å². The van der Waals surface area contributed by atoms with E-state index in [1.807, 2.05) is 39.0 Å². The van der Waals surface area contributed by atoms with E-state index in [9.17, 15) is 9.59 Å². The van der Waals surface area contributed by atoms with Gasteiger partial charge in [-0.25, -0.2) is 0 Å². The number of rotatable bonds is 5. The minimum Gasteiger partial charge on any atom is -0.482 e. The molecule has 132 valence electrons. The topological polar surface area (TPSA) is 71.8 Å². The molecule has 2 aromatic rings. The molecule has 6 nitrogen and oxygen atoms in total. The predicted molar refractivity (Wildman–Crippen MR) is 93.8 cm³/mol. The van der Waals surface area contributed by atoms with Crippen LogP contribution in [0.5, 0.6) is 5.75 Å². The monoisotopic (exact) mass is 342 g/mol. The fourth-order valence-electron chi connectivity index (χ4n) is 2.62. The van der Waals surface area contributed by atoms with Gasteiger partial charge < -0.3 is 14.5 Å². The summed E-state index contributed by atoms with van der Waals surface area (Å²) in [5, 5.41) is 2.86. The Balaban J connectivity index is 1.77. The third kappa shape index (κ3) is 3.68. The van der Waals surface area contributed by atoms with Crippen molar-refractivity contribution in [3.63, 3.8) is 0 Å². The Hall–Kier alpha value is -2.76. The van der Waals surface area contributed by atoms with Gasteiger partial charge in [0, 0.05) is 6.04 Å². The second-order valence-electron chi connectivity index (χ2n) is 6.29. The molecule has 2 heterocycles. The Morgan fingerprint density at radius 3 is 2.88 bits per heavy atom. The molecule has 25 heavy (non-hydrogen) atoms.